The maximum absolute atomic E-state index is 11.6. The third-order valence-electron chi connectivity index (χ3n) is 2.56. The Morgan fingerprint density at radius 1 is 1.42 bits per heavy atom. The van der Waals surface area contributed by atoms with Crippen LogP contribution >= 0.6 is 27.5 Å². The van der Waals surface area contributed by atoms with Crippen LogP contribution < -0.4 is 4.74 Å². The van der Waals surface area contributed by atoms with E-state index >= 15 is 0 Å². The standard InChI is InChI=1S/C14H11BrClNO2/c1-9(18)12-6-11(15)2-3-14(12)19-8-10-4-5-17-7-13(10)16/h2-7H,8H2,1H3. The Hall–Kier alpha value is -1.39. The van der Waals surface area contributed by atoms with Crippen LogP contribution in [0.4, 0.5) is 0 Å². The summed E-state index contributed by atoms with van der Waals surface area (Å²) in [6.45, 7) is 1.80. The second kappa shape index (κ2) is 6.17. The average molecular weight is 341 g/mol. The maximum atomic E-state index is 11.6. The summed E-state index contributed by atoms with van der Waals surface area (Å²) in [4.78, 5) is 15.5. The number of aromatic nitrogens is 1. The highest BCUT2D eigenvalue weighted by molar-refractivity contribution is 9.10. The van der Waals surface area contributed by atoms with E-state index in [4.69, 9.17) is 16.3 Å². The first-order valence-corrected chi connectivity index (χ1v) is 6.76. The summed E-state index contributed by atoms with van der Waals surface area (Å²) in [6, 6.07) is 7.12. The molecule has 98 valence electrons. The van der Waals surface area contributed by atoms with Crippen molar-refractivity contribution in [1.29, 1.82) is 0 Å². The molecule has 19 heavy (non-hydrogen) atoms. The summed E-state index contributed by atoms with van der Waals surface area (Å²) in [5.74, 6) is 0.501. The number of Topliss-reactive ketones (excluding diaryl/α,β-unsaturated/α-hetero) is 1. The van der Waals surface area contributed by atoms with Crippen molar-refractivity contribution in [3.63, 3.8) is 0 Å². The molecule has 0 saturated heterocycles. The van der Waals surface area contributed by atoms with E-state index < -0.39 is 0 Å². The Morgan fingerprint density at radius 2 is 2.21 bits per heavy atom. The SMILES string of the molecule is CC(=O)c1cc(Br)ccc1OCc1ccncc1Cl. The van der Waals surface area contributed by atoms with Crippen LogP contribution in [0.2, 0.25) is 5.02 Å². The fraction of sp³-hybridized carbons (Fsp3) is 0.143. The summed E-state index contributed by atoms with van der Waals surface area (Å²) >= 11 is 9.34. The molecule has 1 aromatic heterocycles. The lowest BCUT2D eigenvalue weighted by atomic mass is 10.1. The van der Waals surface area contributed by atoms with Crippen molar-refractivity contribution in [3.05, 3.63) is 57.3 Å². The van der Waals surface area contributed by atoms with Gasteiger partial charge in [0.25, 0.3) is 0 Å². The van der Waals surface area contributed by atoms with Crippen molar-refractivity contribution in [3.8, 4) is 5.75 Å². The Labute approximate surface area is 124 Å². The molecule has 0 unspecified atom stereocenters. The van der Waals surface area contributed by atoms with E-state index in [0.29, 0.717) is 22.9 Å². The quantitative estimate of drug-likeness (QED) is 0.780. The first kappa shape index (κ1) is 14.0. The van der Waals surface area contributed by atoms with Gasteiger partial charge in [-0.3, -0.25) is 9.78 Å². The highest BCUT2D eigenvalue weighted by Crippen LogP contribution is 2.25. The lowest BCUT2D eigenvalue weighted by molar-refractivity contribution is 0.101. The number of carbonyl (C=O) groups is 1. The van der Waals surface area contributed by atoms with E-state index in [2.05, 4.69) is 20.9 Å². The Balaban J connectivity index is 2.20. The molecular formula is C14H11BrClNO2. The zero-order chi connectivity index (χ0) is 13.8. The minimum Gasteiger partial charge on any atom is -0.488 e. The van der Waals surface area contributed by atoms with Gasteiger partial charge in [-0.25, -0.2) is 0 Å². The first-order chi connectivity index (χ1) is 9.08. The zero-order valence-electron chi connectivity index (χ0n) is 10.2. The maximum Gasteiger partial charge on any atom is 0.163 e. The number of pyridine rings is 1. The molecule has 0 atom stereocenters. The second-order valence-electron chi connectivity index (χ2n) is 3.95. The highest BCUT2D eigenvalue weighted by atomic mass is 79.9. The molecule has 0 radical (unpaired) electrons. The predicted octanol–water partition coefficient (Wildman–Crippen LogP) is 4.28. The van der Waals surface area contributed by atoms with Crippen LogP contribution in [0.1, 0.15) is 22.8 Å². The zero-order valence-corrected chi connectivity index (χ0v) is 12.5. The largest absolute Gasteiger partial charge is 0.488 e. The molecule has 1 heterocycles. The molecule has 0 spiro atoms. The van der Waals surface area contributed by atoms with Crippen LogP contribution in [0.25, 0.3) is 0 Å². The molecule has 0 saturated carbocycles. The number of ether oxygens (including phenoxy) is 1. The summed E-state index contributed by atoms with van der Waals surface area (Å²) in [7, 11) is 0. The predicted molar refractivity (Wildman–Crippen MR) is 77.7 cm³/mol. The van der Waals surface area contributed by atoms with Gasteiger partial charge in [0.05, 0.1) is 10.6 Å². The van der Waals surface area contributed by atoms with Gasteiger partial charge in [-0.05, 0) is 31.2 Å². The summed E-state index contributed by atoms with van der Waals surface area (Å²) in [5, 5.41) is 0.545. The monoisotopic (exact) mass is 339 g/mol. The van der Waals surface area contributed by atoms with E-state index in [-0.39, 0.29) is 5.78 Å². The van der Waals surface area contributed by atoms with Gasteiger partial charge in [0, 0.05) is 22.4 Å². The topological polar surface area (TPSA) is 39.2 Å². The van der Waals surface area contributed by atoms with Crippen molar-refractivity contribution in [2.45, 2.75) is 13.5 Å². The van der Waals surface area contributed by atoms with Crippen molar-refractivity contribution in [2.75, 3.05) is 0 Å². The molecule has 0 N–H and O–H groups in total. The van der Waals surface area contributed by atoms with E-state index in [0.717, 1.165) is 10.0 Å². The number of nitrogens with zero attached hydrogens (tertiary/aromatic N) is 1. The summed E-state index contributed by atoms with van der Waals surface area (Å²) in [6.07, 6.45) is 3.21. The molecule has 3 nitrogen and oxygen atoms in total. The number of ketones is 1. The van der Waals surface area contributed by atoms with Crippen LogP contribution in [0.5, 0.6) is 5.75 Å². The molecule has 0 fully saturated rings. The van der Waals surface area contributed by atoms with Crippen LogP contribution in [0.15, 0.2) is 41.1 Å². The van der Waals surface area contributed by atoms with Gasteiger partial charge in [0.1, 0.15) is 12.4 Å². The van der Waals surface area contributed by atoms with Gasteiger partial charge >= 0.3 is 0 Å². The number of rotatable bonds is 4. The molecule has 0 aliphatic rings. The third-order valence-corrected chi connectivity index (χ3v) is 3.39. The van der Waals surface area contributed by atoms with Crippen molar-refractivity contribution < 1.29 is 9.53 Å². The van der Waals surface area contributed by atoms with E-state index in [1.165, 1.54) is 6.92 Å². The molecule has 0 aliphatic carbocycles. The van der Waals surface area contributed by atoms with Gasteiger partial charge in [-0.15, -0.1) is 0 Å². The first-order valence-electron chi connectivity index (χ1n) is 5.59. The van der Waals surface area contributed by atoms with Gasteiger partial charge in [-0.1, -0.05) is 27.5 Å². The molecule has 1 aromatic carbocycles. The van der Waals surface area contributed by atoms with Crippen LogP contribution in [0, 0.1) is 0 Å². The summed E-state index contributed by atoms with van der Waals surface area (Å²) in [5.41, 5.74) is 1.37. The number of hydrogen-bond acceptors (Lipinski definition) is 3. The Kier molecular flexibility index (Phi) is 4.56. The van der Waals surface area contributed by atoms with E-state index in [1.54, 1.807) is 30.6 Å². The Morgan fingerprint density at radius 3 is 2.89 bits per heavy atom. The molecule has 0 bridgehead atoms. The van der Waals surface area contributed by atoms with Crippen LogP contribution in [0.3, 0.4) is 0 Å². The minimum atomic E-state index is -0.0443. The fourth-order valence-corrected chi connectivity index (χ4v) is 2.11. The molecule has 5 heteroatoms. The van der Waals surface area contributed by atoms with Gasteiger partial charge < -0.3 is 4.74 Å². The van der Waals surface area contributed by atoms with E-state index in [9.17, 15) is 4.79 Å². The van der Waals surface area contributed by atoms with Crippen molar-refractivity contribution in [1.82, 2.24) is 4.98 Å². The molecular weight excluding hydrogens is 330 g/mol. The van der Waals surface area contributed by atoms with Gasteiger partial charge in [0.15, 0.2) is 5.78 Å². The normalized spacial score (nSPS) is 10.3. The van der Waals surface area contributed by atoms with Gasteiger partial charge in [0.2, 0.25) is 0 Å². The number of benzene rings is 1. The van der Waals surface area contributed by atoms with Crippen LogP contribution in [-0.4, -0.2) is 10.8 Å². The van der Waals surface area contributed by atoms with E-state index in [1.807, 2.05) is 6.07 Å². The molecule has 0 aliphatic heterocycles. The lowest BCUT2D eigenvalue weighted by Gasteiger charge is -2.11. The second-order valence-corrected chi connectivity index (χ2v) is 5.28. The highest BCUT2D eigenvalue weighted by Gasteiger charge is 2.10. The molecule has 2 aromatic rings. The molecule has 0 amide bonds. The number of carbonyl (C=O) groups excluding carboxylic acids is 1. The minimum absolute atomic E-state index is 0.0443. The summed E-state index contributed by atoms with van der Waals surface area (Å²) < 4.78 is 6.51. The molecule has 2 rings (SSSR count). The average Bonchev–Trinajstić information content (AvgIpc) is 2.38. The van der Waals surface area contributed by atoms with Gasteiger partial charge in [-0.2, -0.15) is 0 Å². The Bertz CT molecular complexity index is 616. The number of hydrogen-bond donors (Lipinski definition) is 0. The van der Waals surface area contributed by atoms with Crippen molar-refractivity contribution >= 4 is 33.3 Å². The van der Waals surface area contributed by atoms with Crippen LogP contribution in [-0.2, 0) is 6.61 Å². The van der Waals surface area contributed by atoms with Crippen molar-refractivity contribution in [2.24, 2.45) is 0 Å². The lowest BCUT2D eigenvalue weighted by Crippen LogP contribution is -2.02. The smallest absolute Gasteiger partial charge is 0.163 e. The fourth-order valence-electron chi connectivity index (χ4n) is 1.58. The third kappa shape index (κ3) is 3.55. The number of halogens is 2.